The monoisotopic (exact) mass is 757 g/mol. The molecular formula is C42H55F4N3O3S. The van der Waals surface area contributed by atoms with Gasteiger partial charge in [-0.15, -0.1) is 18.9 Å². The lowest BCUT2D eigenvalue weighted by Gasteiger charge is -2.35. The lowest BCUT2D eigenvalue weighted by atomic mass is 9.79. The number of nitrogens with zero attached hydrogens (tertiary/aromatic N) is 2. The fourth-order valence-electron chi connectivity index (χ4n) is 5.93. The molecule has 1 N–H and O–H groups in total. The predicted octanol–water partition coefficient (Wildman–Crippen LogP) is 9.35. The molecule has 0 amide bonds. The fraction of sp³-hybridized carbons (Fsp3) is 0.452. The molecule has 0 aliphatic carbocycles. The van der Waals surface area contributed by atoms with Gasteiger partial charge in [0.05, 0.1) is 28.4 Å². The number of benzene rings is 2. The van der Waals surface area contributed by atoms with Gasteiger partial charge in [0, 0.05) is 78.3 Å². The first-order valence-corrected chi connectivity index (χ1v) is 19.1. The molecule has 1 aliphatic rings. The summed E-state index contributed by atoms with van der Waals surface area (Å²) in [6.07, 6.45) is 6.03. The maximum atomic E-state index is 15.8. The molecule has 2 heterocycles. The minimum absolute atomic E-state index is 0.143. The van der Waals surface area contributed by atoms with Crippen LogP contribution in [0.15, 0.2) is 77.3 Å². The Kier molecular flexibility index (Phi) is 17.3. The topological polar surface area (TPSA) is 63.6 Å². The summed E-state index contributed by atoms with van der Waals surface area (Å²) in [6.45, 7) is 20.4. The maximum absolute atomic E-state index is 15.8. The molecule has 53 heavy (non-hydrogen) atoms. The van der Waals surface area contributed by atoms with Gasteiger partial charge in [0.25, 0.3) is 0 Å². The van der Waals surface area contributed by atoms with Crippen molar-refractivity contribution in [2.45, 2.75) is 80.6 Å². The summed E-state index contributed by atoms with van der Waals surface area (Å²) < 4.78 is 75.4. The summed E-state index contributed by atoms with van der Waals surface area (Å²) >= 11 is 0. The number of anilines is 1. The van der Waals surface area contributed by atoms with Crippen LogP contribution in [0.1, 0.15) is 78.5 Å². The first kappa shape index (κ1) is 45.0. The Balaban J connectivity index is 0.00000151. The van der Waals surface area contributed by atoms with Crippen LogP contribution in [0.2, 0.25) is 0 Å². The summed E-state index contributed by atoms with van der Waals surface area (Å²) in [7, 11) is 0.689. The number of ether oxygens (including phenoxy) is 1. The van der Waals surface area contributed by atoms with Crippen molar-refractivity contribution in [3.63, 3.8) is 0 Å². The normalized spacial score (nSPS) is 14.9. The molecule has 1 aromatic heterocycles. The minimum Gasteiger partial charge on any atom is -0.382 e. The molecule has 6 nitrogen and oxygen atoms in total. The number of hydrogen-bond acceptors (Lipinski definition) is 5. The summed E-state index contributed by atoms with van der Waals surface area (Å²) in [5, 5.41) is 3.64. The highest BCUT2D eigenvalue weighted by Crippen LogP contribution is 2.33. The molecule has 3 aromatic rings. The molecule has 1 aliphatic heterocycles. The summed E-state index contributed by atoms with van der Waals surface area (Å²) in [5.74, 6) is 2.52. The van der Waals surface area contributed by atoms with E-state index in [0.717, 1.165) is 23.3 Å². The van der Waals surface area contributed by atoms with Crippen LogP contribution < -0.4 is 15.6 Å². The van der Waals surface area contributed by atoms with Crippen molar-refractivity contribution in [3.8, 4) is 12.3 Å². The number of hydrogen-bond donors (Lipinski definition) is 1. The molecular weight excluding hydrogens is 703 g/mol. The second-order valence-electron chi connectivity index (χ2n) is 13.4. The van der Waals surface area contributed by atoms with E-state index in [9.17, 15) is 22.2 Å². The van der Waals surface area contributed by atoms with Crippen molar-refractivity contribution in [2.24, 2.45) is 5.41 Å². The Bertz CT molecular complexity index is 1880. The standard InChI is InChI=1S/C36H45F4N3O3S.C3H6.C3H4/c1-8-23(3)33(41-20-32(46-7)35(5,6)24(4)9-2)28-22-43(21-25-10-12-26(13-11-25)36(38,39)40)30-19-31(29(37)18-27(30)34(28)44)42-14-16-47(45)17-15-42;2*1-3-2/h9-13,18-19,22,32,41H,8,14-17,20-21H2,1-7H3;3H,1H2,2H3;1H,2H3/b24-9+,33-23?;;. The molecule has 0 spiro atoms. The fourth-order valence-corrected chi connectivity index (χ4v) is 6.98. The molecule has 0 saturated carbocycles. The van der Waals surface area contributed by atoms with Gasteiger partial charge in [0.2, 0.25) is 0 Å². The van der Waals surface area contributed by atoms with Gasteiger partial charge in [-0.2, -0.15) is 13.2 Å². The number of fused-ring (bicyclic) bond motifs is 1. The van der Waals surface area contributed by atoms with Gasteiger partial charge >= 0.3 is 6.18 Å². The van der Waals surface area contributed by atoms with Crippen LogP contribution in [0, 0.1) is 23.6 Å². The third-order valence-electron chi connectivity index (χ3n) is 9.53. The second-order valence-corrected chi connectivity index (χ2v) is 15.1. The van der Waals surface area contributed by atoms with Crippen LogP contribution in [0.25, 0.3) is 16.6 Å². The van der Waals surface area contributed by atoms with Gasteiger partial charge in [0.15, 0.2) is 5.43 Å². The number of aromatic nitrogens is 1. The van der Waals surface area contributed by atoms with Crippen molar-refractivity contribution in [2.75, 3.05) is 43.1 Å². The molecule has 1 saturated heterocycles. The number of pyridine rings is 1. The van der Waals surface area contributed by atoms with E-state index in [-0.39, 0.29) is 28.9 Å². The molecule has 11 heteroatoms. The highest BCUT2D eigenvalue weighted by Gasteiger charge is 2.32. The molecule has 1 unspecified atom stereocenters. The van der Waals surface area contributed by atoms with Crippen LogP contribution in [-0.2, 0) is 28.3 Å². The highest BCUT2D eigenvalue weighted by atomic mass is 32.2. The lowest BCUT2D eigenvalue weighted by molar-refractivity contribution is -0.137. The van der Waals surface area contributed by atoms with E-state index in [4.69, 9.17) is 4.74 Å². The van der Waals surface area contributed by atoms with Crippen LogP contribution >= 0.6 is 0 Å². The van der Waals surface area contributed by atoms with Crippen molar-refractivity contribution >= 4 is 33.1 Å². The Morgan fingerprint density at radius 2 is 1.70 bits per heavy atom. The van der Waals surface area contributed by atoms with Crippen molar-refractivity contribution in [1.29, 1.82) is 0 Å². The van der Waals surface area contributed by atoms with Crippen LogP contribution in [0.4, 0.5) is 23.2 Å². The zero-order valence-corrected chi connectivity index (χ0v) is 33.4. The Hall–Kier alpha value is -4.14. The first-order chi connectivity index (χ1) is 24.9. The van der Waals surface area contributed by atoms with Gasteiger partial charge in [0.1, 0.15) is 5.82 Å². The van der Waals surface area contributed by atoms with E-state index in [0.29, 0.717) is 65.6 Å². The average molecular weight is 758 g/mol. The van der Waals surface area contributed by atoms with E-state index in [1.807, 2.05) is 32.6 Å². The number of rotatable bonds is 11. The zero-order valence-electron chi connectivity index (χ0n) is 32.5. The number of nitrogens with one attached hydrogen (secondary N) is 1. The molecule has 0 bridgehead atoms. The van der Waals surface area contributed by atoms with Gasteiger partial charge in [-0.25, -0.2) is 4.39 Å². The van der Waals surface area contributed by atoms with E-state index < -0.39 is 28.4 Å². The number of allylic oxidation sites excluding steroid dienone is 3. The second kappa shape index (κ2) is 20.4. The number of methoxy groups -OCH3 is 1. The van der Waals surface area contributed by atoms with E-state index >= 15 is 4.39 Å². The van der Waals surface area contributed by atoms with Gasteiger partial charge < -0.3 is 19.5 Å². The van der Waals surface area contributed by atoms with Crippen molar-refractivity contribution in [1.82, 2.24) is 9.88 Å². The maximum Gasteiger partial charge on any atom is 0.416 e. The highest BCUT2D eigenvalue weighted by molar-refractivity contribution is 7.85. The van der Waals surface area contributed by atoms with Gasteiger partial charge in [-0.3, -0.25) is 9.00 Å². The summed E-state index contributed by atoms with van der Waals surface area (Å²) in [5.41, 5.74) is 2.92. The zero-order chi connectivity index (χ0) is 40.1. The Morgan fingerprint density at radius 1 is 1.13 bits per heavy atom. The van der Waals surface area contributed by atoms with Crippen LogP contribution in [0.3, 0.4) is 0 Å². The van der Waals surface area contributed by atoms with Crippen LogP contribution in [-0.4, -0.2) is 53.1 Å². The van der Waals surface area contributed by atoms with Crippen molar-refractivity contribution < 1.29 is 26.5 Å². The summed E-state index contributed by atoms with van der Waals surface area (Å²) in [4.78, 5) is 16.0. The van der Waals surface area contributed by atoms with Crippen molar-refractivity contribution in [3.05, 3.63) is 105 Å². The first-order valence-electron chi connectivity index (χ1n) is 17.6. The van der Waals surface area contributed by atoms with E-state index in [1.165, 1.54) is 18.2 Å². The molecule has 290 valence electrons. The molecule has 1 atom stereocenters. The third kappa shape index (κ3) is 11.7. The largest absolute Gasteiger partial charge is 0.416 e. The molecule has 2 aromatic carbocycles. The smallest absolute Gasteiger partial charge is 0.382 e. The van der Waals surface area contributed by atoms with Gasteiger partial charge in [-0.1, -0.05) is 50.6 Å². The number of terminal acetylenes is 1. The predicted molar refractivity (Wildman–Crippen MR) is 214 cm³/mol. The Morgan fingerprint density at radius 3 is 2.19 bits per heavy atom. The van der Waals surface area contributed by atoms with Gasteiger partial charge in [-0.05, 0) is 76.4 Å². The minimum atomic E-state index is -4.47. The van der Waals surface area contributed by atoms with E-state index in [1.54, 1.807) is 36.9 Å². The number of halogens is 4. The average Bonchev–Trinajstić information content (AvgIpc) is 3.11. The quantitative estimate of drug-likeness (QED) is 0.120. The molecule has 0 radical (unpaired) electrons. The number of alkyl halides is 3. The SMILES string of the molecule is C#CC.C/C=C(\C)C(C)(C)C(CNC(=C(C)CC)c1cn(Cc2ccc(C(F)(F)F)cc2)c2cc(N3CCS(=O)CC3)c(F)cc2c1=O)OC.C=CC. The van der Waals surface area contributed by atoms with Crippen LogP contribution in [0.5, 0.6) is 0 Å². The summed E-state index contributed by atoms with van der Waals surface area (Å²) in [6, 6.07) is 7.78. The Labute approximate surface area is 315 Å². The van der Waals surface area contributed by atoms with E-state index in [2.05, 4.69) is 51.1 Å². The lowest BCUT2D eigenvalue weighted by Crippen LogP contribution is -2.40. The molecule has 4 rings (SSSR count). The molecule has 1 fully saturated rings. The third-order valence-corrected chi connectivity index (χ3v) is 10.8.